The molecule has 10 heteroatoms. The zero-order valence-corrected chi connectivity index (χ0v) is 24.9. The summed E-state index contributed by atoms with van der Waals surface area (Å²) in [6.07, 6.45) is 5.14. The second-order valence-electron chi connectivity index (χ2n) is 8.89. The standard InChI is InChI=1S/C29H38N8S2/c1-5-34(26-14-10-24(11-15-26)30-32-28-36(7-3)20-22-38-28)18-9-19-35(6-2)27-16-12-25(13-17-27)31-33-29-37(8-4)21-23-39-29/h10-17,20-23H,5-9,18-19H2,1-4H3/q+2. The van der Waals surface area contributed by atoms with Crippen LogP contribution < -0.4 is 18.9 Å². The molecule has 0 aliphatic heterocycles. The highest BCUT2D eigenvalue weighted by molar-refractivity contribution is 7.13. The average Bonchev–Trinajstić information content (AvgIpc) is 3.65. The van der Waals surface area contributed by atoms with Gasteiger partial charge in [0.2, 0.25) is 0 Å². The molecule has 0 bridgehead atoms. The number of azo groups is 2. The lowest BCUT2D eigenvalue weighted by atomic mass is 10.2. The average molecular weight is 563 g/mol. The Labute approximate surface area is 239 Å². The molecule has 2 aromatic carbocycles. The lowest BCUT2D eigenvalue weighted by molar-refractivity contribution is -0.677. The first-order valence-electron chi connectivity index (χ1n) is 13.6. The molecule has 8 nitrogen and oxygen atoms in total. The largest absolute Gasteiger partial charge is 0.408 e. The summed E-state index contributed by atoms with van der Waals surface area (Å²) in [5.74, 6) is 0. The monoisotopic (exact) mass is 562 g/mol. The molecule has 0 radical (unpaired) electrons. The van der Waals surface area contributed by atoms with Gasteiger partial charge in [-0.25, -0.2) is 9.13 Å². The molecule has 0 saturated carbocycles. The van der Waals surface area contributed by atoms with E-state index in [2.05, 4.69) is 91.4 Å². The molecule has 2 aromatic heterocycles. The van der Waals surface area contributed by atoms with E-state index in [1.165, 1.54) is 11.4 Å². The van der Waals surface area contributed by atoms with Crippen LogP contribution in [0.25, 0.3) is 0 Å². The van der Waals surface area contributed by atoms with Crippen LogP contribution in [0.2, 0.25) is 0 Å². The Morgan fingerprint density at radius 2 is 1.00 bits per heavy atom. The highest BCUT2D eigenvalue weighted by Crippen LogP contribution is 2.25. The molecule has 0 fully saturated rings. The van der Waals surface area contributed by atoms with E-state index >= 15 is 0 Å². The van der Waals surface area contributed by atoms with Gasteiger partial charge in [-0.3, -0.25) is 0 Å². The zero-order chi connectivity index (χ0) is 27.5. The van der Waals surface area contributed by atoms with E-state index in [-0.39, 0.29) is 0 Å². The topological polar surface area (TPSA) is 63.7 Å². The fraction of sp³-hybridized carbons (Fsp3) is 0.379. The first-order chi connectivity index (χ1) is 19.1. The number of rotatable bonds is 14. The number of thiazole rings is 2. The summed E-state index contributed by atoms with van der Waals surface area (Å²) in [5.41, 5.74) is 4.16. The molecule has 4 rings (SSSR count). The van der Waals surface area contributed by atoms with Crippen LogP contribution in [0.1, 0.15) is 34.1 Å². The Bertz CT molecular complexity index is 1240. The van der Waals surface area contributed by atoms with Crippen LogP contribution in [-0.2, 0) is 13.1 Å². The van der Waals surface area contributed by atoms with Crippen molar-refractivity contribution in [3.05, 3.63) is 71.7 Å². The molecule has 0 amide bonds. The Morgan fingerprint density at radius 3 is 1.36 bits per heavy atom. The minimum absolute atomic E-state index is 0.867. The minimum atomic E-state index is 0.867. The summed E-state index contributed by atoms with van der Waals surface area (Å²) >= 11 is 3.20. The Balaban J connectivity index is 1.29. The van der Waals surface area contributed by atoms with Crippen molar-refractivity contribution in [1.29, 1.82) is 0 Å². The van der Waals surface area contributed by atoms with Crippen molar-refractivity contribution in [3.63, 3.8) is 0 Å². The second-order valence-corrected chi connectivity index (χ2v) is 10.6. The Morgan fingerprint density at radius 1 is 0.590 bits per heavy atom. The maximum absolute atomic E-state index is 4.43. The van der Waals surface area contributed by atoms with Gasteiger partial charge in [-0.1, -0.05) is 0 Å². The van der Waals surface area contributed by atoms with Gasteiger partial charge in [0.15, 0.2) is 0 Å². The van der Waals surface area contributed by atoms with Crippen LogP contribution in [0.3, 0.4) is 0 Å². The summed E-state index contributed by atoms with van der Waals surface area (Å²) in [7, 11) is 0. The molecule has 0 aliphatic rings. The third-order valence-corrected chi connectivity index (χ3v) is 8.12. The quantitative estimate of drug-likeness (QED) is 0.115. The van der Waals surface area contributed by atoms with Gasteiger partial charge >= 0.3 is 10.3 Å². The number of hydrogen-bond donors (Lipinski definition) is 0. The molecule has 4 aromatic rings. The van der Waals surface area contributed by atoms with Gasteiger partial charge in [0, 0.05) is 48.3 Å². The fourth-order valence-corrected chi connectivity index (χ4v) is 5.77. The number of aryl methyl sites for hydroxylation is 2. The molecule has 39 heavy (non-hydrogen) atoms. The maximum Gasteiger partial charge on any atom is 0.408 e. The second kappa shape index (κ2) is 14.6. The number of anilines is 2. The van der Waals surface area contributed by atoms with Gasteiger partial charge in [-0.05, 0) is 116 Å². The van der Waals surface area contributed by atoms with Crippen LogP contribution in [0.5, 0.6) is 0 Å². The van der Waals surface area contributed by atoms with Crippen LogP contribution in [0.15, 0.2) is 92.1 Å². The van der Waals surface area contributed by atoms with Crippen molar-refractivity contribution < 1.29 is 9.13 Å². The molecule has 0 unspecified atom stereocenters. The van der Waals surface area contributed by atoms with Gasteiger partial charge in [0.05, 0.1) is 23.3 Å². The van der Waals surface area contributed by atoms with E-state index in [9.17, 15) is 0 Å². The van der Waals surface area contributed by atoms with E-state index < -0.39 is 0 Å². The summed E-state index contributed by atoms with van der Waals surface area (Å²) in [6.45, 7) is 14.3. The Hall–Kier alpha value is -3.50. The van der Waals surface area contributed by atoms with Gasteiger partial charge in [0.25, 0.3) is 0 Å². The smallest absolute Gasteiger partial charge is 0.372 e. The van der Waals surface area contributed by atoms with E-state index in [0.717, 1.165) is 67.3 Å². The summed E-state index contributed by atoms with van der Waals surface area (Å²) < 4.78 is 4.18. The normalized spacial score (nSPS) is 11.6. The van der Waals surface area contributed by atoms with E-state index in [1.54, 1.807) is 22.7 Å². The third-order valence-electron chi connectivity index (χ3n) is 6.55. The first-order valence-corrected chi connectivity index (χ1v) is 15.4. The molecule has 2 heterocycles. The van der Waals surface area contributed by atoms with Crippen molar-refractivity contribution in [2.75, 3.05) is 36.0 Å². The Kier molecular flexibility index (Phi) is 10.7. The molecule has 0 N–H and O–H groups in total. The zero-order valence-electron chi connectivity index (χ0n) is 23.3. The number of hydrogen-bond acceptors (Lipinski definition) is 8. The summed E-state index contributed by atoms with van der Waals surface area (Å²) in [6, 6.07) is 16.7. The van der Waals surface area contributed by atoms with Crippen molar-refractivity contribution in [3.8, 4) is 0 Å². The first kappa shape index (κ1) is 28.5. The van der Waals surface area contributed by atoms with Crippen molar-refractivity contribution >= 4 is 55.7 Å². The van der Waals surface area contributed by atoms with Gasteiger partial charge < -0.3 is 9.80 Å². The van der Waals surface area contributed by atoms with Gasteiger partial charge in [-0.15, -0.1) is 0 Å². The van der Waals surface area contributed by atoms with E-state index in [4.69, 9.17) is 0 Å². The van der Waals surface area contributed by atoms with E-state index in [1.807, 2.05) is 47.4 Å². The summed E-state index contributed by atoms with van der Waals surface area (Å²) in [5, 5.41) is 23.6. The van der Waals surface area contributed by atoms with Crippen LogP contribution in [0, 0.1) is 0 Å². The SMILES string of the molecule is CCN(CCCN(CC)c1ccc(N=Nc2scc[n+]2CC)cc1)c1ccc(N=Nc2scc[n+]2CC)cc1. The van der Waals surface area contributed by atoms with Crippen LogP contribution >= 0.6 is 22.7 Å². The maximum atomic E-state index is 4.43. The predicted molar refractivity (Wildman–Crippen MR) is 162 cm³/mol. The van der Waals surface area contributed by atoms with E-state index in [0.29, 0.717) is 0 Å². The van der Waals surface area contributed by atoms with Crippen molar-refractivity contribution in [2.45, 2.75) is 47.2 Å². The van der Waals surface area contributed by atoms with Crippen LogP contribution in [-0.4, -0.2) is 26.2 Å². The minimum Gasteiger partial charge on any atom is -0.372 e. The molecule has 0 atom stereocenters. The highest BCUT2D eigenvalue weighted by Gasteiger charge is 2.12. The molecule has 204 valence electrons. The fourth-order valence-electron chi connectivity index (χ4n) is 4.29. The molecular formula is C29H38N8S2+2. The number of aromatic nitrogens is 2. The number of benzene rings is 2. The van der Waals surface area contributed by atoms with Gasteiger partial charge in [-0.2, -0.15) is 0 Å². The van der Waals surface area contributed by atoms with Gasteiger partial charge in [0.1, 0.15) is 23.8 Å². The lowest BCUT2D eigenvalue weighted by Crippen LogP contribution is -2.30. The lowest BCUT2D eigenvalue weighted by Gasteiger charge is -2.27. The highest BCUT2D eigenvalue weighted by atomic mass is 32.1. The summed E-state index contributed by atoms with van der Waals surface area (Å²) in [4.78, 5) is 4.82. The third kappa shape index (κ3) is 7.77. The predicted octanol–water partition coefficient (Wildman–Crippen LogP) is 8.00. The molecule has 0 spiro atoms. The molecular weight excluding hydrogens is 525 g/mol. The number of nitrogens with zero attached hydrogens (tertiary/aromatic N) is 8. The van der Waals surface area contributed by atoms with Crippen LogP contribution in [0.4, 0.5) is 33.0 Å². The van der Waals surface area contributed by atoms with Crippen molar-refractivity contribution in [1.82, 2.24) is 0 Å². The molecule has 0 saturated heterocycles. The van der Waals surface area contributed by atoms with Crippen molar-refractivity contribution in [2.24, 2.45) is 20.5 Å². The molecule has 0 aliphatic carbocycles.